The molecule has 0 amide bonds. The molecule has 0 spiro atoms. The van der Waals surface area contributed by atoms with Crippen LogP contribution >= 0.6 is 0 Å². The smallest absolute Gasteiger partial charge is 0.0926 e. The second kappa shape index (κ2) is 4.90. The standard InChI is InChI=1S/C12H17NOS/c1-9-11(3-2-4-12(9)15-14)10-5-7-13-8-6-10/h2-4,9-10,13H,5-8H2,1H3/t9-/m0/s1. The normalized spacial score (nSPS) is 27.7. The SMILES string of the molecule is C[C@H]1C(C2CCNCC2)=CC=CC1=S=O. The summed E-state index contributed by atoms with van der Waals surface area (Å²) in [5, 5.41) is 3.37. The third kappa shape index (κ3) is 2.29. The first-order valence-corrected chi connectivity index (χ1v) is 6.32. The Hall–Kier alpha value is -0.670. The van der Waals surface area contributed by atoms with Gasteiger partial charge in [0.05, 0.1) is 16.1 Å². The molecule has 2 aliphatic rings. The van der Waals surface area contributed by atoms with Crippen molar-refractivity contribution in [1.82, 2.24) is 5.32 Å². The van der Waals surface area contributed by atoms with Crippen molar-refractivity contribution in [3.05, 3.63) is 23.8 Å². The largest absolute Gasteiger partial charge is 0.317 e. The van der Waals surface area contributed by atoms with Crippen LogP contribution in [0.5, 0.6) is 0 Å². The van der Waals surface area contributed by atoms with Crippen LogP contribution in [0.4, 0.5) is 0 Å². The molecule has 1 N–H and O–H groups in total. The minimum atomic E-state index is 0.334. The maximum atomic E-state index is 10.9. The van der Waals surface area contributed by atoms with E-state index in [1.807, 2.05) is 12.2 Å². The fourth-order valence-corrected chi connectivity index (χ4v) is 2.87. The van der Waals surface area contributed by atoms with Crippen molar-refractivity contribution in [3.8, 4) is 0 Å². The van der Waals surface area contributed by atoms with Gasteiger partial charge in [0.15, 0.2) is 0 Å². The Morgan fingerprint density at radius 2 is 2.13 bits per heavy atom. The fraction of sp³-hybridized carbons (Fsp3) is 0.583. The molecule has 1 saturated heterocycles. The zero-order valence-corrected chi connectivity index (χ0v) is 9.85. The van der Waals surface area contributed by atoms with E-state index in [0.29, 0.717) is 23.1 Å². The fourth-order valence-electron chi connectivity index (χ4n) is 2.45. The maximum Gasteiger partial charge on any atom is 0.0926 e. The molecule has 1 aliphatic carbocycles. The second-order valence-electron chi connectivity index (χ2n) is 4.26. The highest BCUT2D eigenvalue weighted by molar-refractivity contribution is 7.67. The quantitative estimate of drug-likeness (QED) is 0.683. The van der Waals surface area contributed by atoms with Crippen molar-refractivity contribution in [2.75, 3.05) is 13.1 Å². The van der Waals surface area contributed by atoms with Crippen LogP contribution in [0.15, 0.2) is 23.8 Å². The molecule has 0 aromatic rings. The van der Waals surface area contributed by atoms with Gasteiger partial charge in [0, 0.05) is 5.92 Å². The molecule has 0 aromatic heterocycles. The topological polar surface area (TPSA) is 29.1 Å². The van der Waals surface area contributed by atoms with Gasteiger partial charge in [-0.15, -0.1) is 0 Å². The molecule has 0 radical (unpaired) electrons. The molecule has 1 heterocycles. The summed E-state index contributed by atoms with van der Waals surface area (Å²) in [4.78, 5) is 0.964. The van der Waals surface area contributed by atoms with E-state index in [1.165, 1.54) is 18.4 Å². The lowest BCUT2D eigenvalue weighted by Gasteiger charge is -2.29. The molecule has 0 unspecified atom stereocenters. The van der Waals surface area contributed by atoms with Crippen molar-refractivity contribution in [1.29, 1.82) is 0 Å². The summed E-state index contributed by atoms with van der Waals surface area (Å²) in [6.45, 7) is 4.37. The second-order valence-corrected chi connectivity index (χ2v) is 4.90. The summed E-state index contributed by atoms with van der Waals surface area (Å²) >= 11 is 0.645. The van der Waals surface area contributed by atoms with Crippen molar-refractivity contribution < 1.29 is 4.21 Å². The van der Waals surface area contributed by atoms with Gasteiger partial charge in [0.25, 0.3) is 0 Å². The summed E-state index contributed by atoms with van der Waals surface area (Å²) in [6, 6.07) is 0. The first-order valence-electron chi connectivity index (χ1n) is 5.58. The van der Waals surface area contributed by atoms with E-state index in [1.54, 1.807) is 0 Å². The molecule has 3 heteroatoms. The Bertz CT molecular complexity index is 347. The van der Waals surface area contributed by atoms with Gasteiger partial charge in [0.1, 0.15) is 0 Å². The molecule has 0 bridgehead atoms. The van der Waals surface area contributed by atoms with E-state index < -0.39 is 0 Å². The van der Waals surface area contributed by atoms with Crippen molar-refractivity contribution in [2.24, 2.45) is 11.8 Å². The number of nitrogens with one attached hydrogen (secondary N) is 1. The third-order valence-electron chi connectivity index (χ3n) is 3.38. The lowest BCUT2D eigenvalue weighted by molar-refractivity contribution is 0.406. The van der Waals surface area contributed by atoms with E-state index in [9.17, 15) is 4.21 Å². The minimum Gasteiger partial charge on any atom is -0.317 e. The van der Waals surface area contributed by atoms with Gasteiger partial charge in [-0.1, -0.05) is 24.6 Å². The van der Waals surface area contributed by atoms with Crippen LogP contribution < -0.4 is 5.32 Å². The molecule has 1 aliphatic heterocycles. The van der Waals surface area contributed by atoms with Gasteiger partial charge in [0.2, 0.25) is 0 Å². The molecule has 2 rings (SSSR count). The highest BCUT2D eigenvalue weighted by atomic mass is 32.1. The van der Waals surface area contributed by atoms with Gasteiger partial charge in [-0.3, -0.25) is 0 Å². The van der Waals surface area contributed by atoms with Crippen molar-refractivity contribution in [2.45, 2.75) is 19.8 Å². The summed E-state index contributed by atoms with van der Waals surface area (Å²) in [7, 11) is 0. The molecule has 1 atom stereocenters. The maximum absolute atomic E-state index is 10.9. The van der Waals surface area contributed by atoms with Crippen LogP contribution in [0.3, 0.4) is 0 Å². The molecule has 1 fully saturated rings. The molecule has 82 valence electrons. The van der Waals surface area contributed by atoms with Gasteiger partial charge in [-0.25, -0.2) is 4.21 Å². The van der Waals surface area contributed by atoms with Crippen LogP contribution in [-0.2, 0) is 11.3 Å². The average molecular weight is 223 g/mol. The number of rotatable bonds is 1. The molecule has 0 saturated carbocycles. The van der Waals surface area contributed by atoms with E-state index in [4.69, 9.17) is 0 Å². The van der Waals surface area contributed by atoms with Crippen LogP contribution in [0.25, 0.3) is 0 Å². The van der Waals surface area contributed by atoms with Crippen LogP contribution in [0, 0.1) is 11.8 Å². The van der Waals surface area contributed by atoms with E-state index in [0.717, 1.165) is 18.0 Å². The number of piperidine rings is 1. The van der Waals surface area contributed by atoms with E-state index in [-0.39, 0.29) is 0 Å². The summed E-state index contributed by atoms with van der Waals surface area (Å²) < 4.78 is 10.9. The molecule has 0 aromatic carbocycles. The predicted molar refractivity (Wildman–Crippen MR) is 65.1 cm³/mol. The van der Waals surface area contributed by atoms with Crippen LogP contribution in [0.2, 0.25) is 0 Å². The zero-order chi connectivity index (χ0) is 10.7. The summed E-state index contributed by atoms with van der Waals surface area (Å²) in [5.41, 5.74) is 1.46. The third-order valence-corrected chi connectivity index (χ3v) is 4.06. The molecular formula is C12H17NOS. The summed E-state index contributed by atoms with van der Waals surface area (Å²) in [5.74, 6) is 1.01. The van der Waals surface area contributed by atoms with Gasteiger partial charge < -0.3 is 5.32 Å². The average Bonchev–Trinajstić information content (AvgIpc) is 2.30. The van der Waals surface area contributed by atoms with E-state index >= 15 is 0 Å². The highest BCUT2D eigenvalue weighted by Crippen LogP contribution is 2.30. The van der Waals surface area contributed by atoms with Crippen LogP contribution in [-0.4, -0.2) is 22.2 Å². The minimum absolute atomic E-state index is 0.334. The molecular weight excluding hydrogens is 206 g/mol. The first kappa shape index (κ1) is 10.8. The zero-order valence-electron chi connectivity index (χ0n) is 9.03. The van der Waals surface area contributed by atoms with Gasteiger partial charge in [-0.05, 0) is 37.9 Å². The van der Waals surface area contributed by atoms with E-state index in [2.05, 4.69) is 18.3 Å². The lowest BCUT2D eigenvalue weighted by atomic mass is 9.80. The van der Waals surface area contributed by atoms with Crippen LogP contribution in [0.1, 0.15) is 19.8 Å². The Labute approximate surface area is 94.5 Å². The Balaban J connectivity index is 2.17. The van der Waals surface area contributed by atoms with Crippen molar-refractivity contribution in [3.63, 3.8) is 0 Å². The Morgan fingerprint density at radius 1 is 1.40 bits per heavy atom. The molecule has 15 heavy (non-hydrogen) atoms. The first-order chi connectivity index (χ1) is 7.33. The number of hydrogen-bond donors (Lipinski definition) is 1. The predicted octanol–water partition coefficient (Wildman–Crippen LogP) is 1.50. The Kier molecular flexibility index (Phi) is 3.54. The summed E-state index contributed by atoms with van der Waals surface area (Å²) in [6.07, 6.45) is 8.60. The Morgan fingerprint density at radius 3 is 2.80 bits per heavy atom. The van der Waals surface area contributed by atoms with Gasteiger partial charge >= 0.3 is 0 Å². The van der Waals surface area contributed by atoms with Gasteiger partial charge in [-0.2, -0.15) is 0 Å². The monoisotopic (exact) mass is 223 g/mol. The molecule has 2 nitrogen and oxygen atoms in total. The van der Waals surface area contributed by atoms with Crippen molar-refractivity contribution >= 4 is 16.1 Å². The number of allylic oxidation sites excluding steroid dienone is 4. The lowest BCUT2D eigenvalue weighted by Crippen LogP contribution is -2.31. The number of hydrogen-bond acceptors (Lipinski definition) is 2. The highest BCUT2D eigenvalue weighted by Gasteiger charge is 2.24.